The molecule has 0 atom stereocenters. The summed E-state index contributed by atoms with van der Waals surface area (Å²) in [5.74, 6) is 0. The van der Waals surface area contributed by atoms with Gasteiger partial charge < -0.3 is 4.90 Å². The third-order valence-corrected chi connectivity index (χ3v) is 3.01. The van der Waals surface area contributed by atoms with E-state index in [1.165, 1.54) is 11.1 Å². The average Bonchev–Trinajstić information content (AvgIpc) is 2.34. The van der Waals surface area contributed by atoms with E-state index in [1.807, 2.05) is 6.92 Å². The fourth-order valence-corrected chi connectivity index (χ4v) is 1.88. The van der Waals surface area contributed by atoms with Gasteiger partial charge in [0, 0.05) is 18.8 Å². The van der Waals surface area contributed by atoms with Crippen LogP contribution in [0, 0.1) is 0 Å². The van der Waals surface area contributed by atoms with Crippen LogP contribution in [0.2, 0.25) is 0 Å². The Morgan fingerprint density at radius 3 is 2.37 bits per heavy atom. The number of hydrogen-bond acceptors (Lipinski definition) is 1. The molecule has 0 aromatic heterocycles. The topological polar surface area (TPSA) is 3.24 Å². The molecule has 0 radical (unpaired) electrons. The molecule has 0 saturated heterocycles. The molecule has 0 bridgehead atoms. The van der Waals surface area contributed by atoms with Gasteiger partial charge in [0.2, 0.25) is 0 Å². The summed E-state index contributed by atoms with van der Waals surface area (Å²) in [4.78, 5) is 2.34. The van der Waals surface area contributed by atoms with Crippen molar-refractivity contribution in [2.75, 3.05) is 13.1 Å². The van der Waals surface area contributed by atoms with Crippen molar-refractivity contribution in [1.29, 1.82) is 0 Å². The predicted octanol–water partition coefficient (Wildman–Crippen LogP) is 5.48. The lowest BCUT2D eigenvalue weighted by molar-refractivity contribution is 0.391. The molecule has 0 aliphatic heterocycles. The lowest BCUT2D eigenvalue weighted by Crippen LogP contribution is -2.22. The Morgan fingerprint density at radius 1 is 1.16 bits per heavy atom. The van der Waals surface area contributed by atoms with Crippen LogP contribution >= 0.6 is 0 Å². The van der Waals surface area contributed by atoms with Gasteiger partial charge in [0.1, 0.15) is 0 Å². The molecule has 0 rings (SSSR count). The molecule has 1 heteroatoms. The molecule has 0 unspecified atom stereocenters. The molecule has 0 spiro atoms. The second-order valence-corrected chi connectivity index (χ2v) is 5.31. The second kappa shape index (κ2) is 10.7. The third kappa shape index (κ3) is 9.35. The maximum absolute atomic E-state index is 4.13. The standard InChI is InChI=1S/C18H31N/c1-7-10-18(6)19(14-8-2)15-13-17(5)12-9-11-16(3)4/h7,10-11,13H,6,8-9,12,14-15H2,1-5H3/b10-7+,17-13-. The number of hydrogen-bond donors (Lipinski definition) is 0. The summed E-state index contributed by atoms with van der Waals surface area (Å²) in [6.07, 6.45) is 12.2. The molecular formula is C18H31N. The van der Waals surface area contributed by atoms with Gasteiger partial charge >= 0.3 is 0 Å². The minimum Gasteiger partial charge on any atom is -0.368 e. The van der Waals surface area contributed by atoms with Crippen LogP contribution in [0.1, 0.15) is 53.9 Å². The van der Waals surface area contributed by atoms with E-state index in [-0.39, 0.29) is 0 Å². The average molecular weight is 261 g/mol. The van der Waals surface area contributed by atoms with Crippen LogP contribution in [0.5, 0.6) is 0 Å². The summed E-state index contributed by atoms with van der Waals surface area (Å²) < 4.78 is 0. The smallest absolute Gasteiger partial charge is 0.0361 e. The molecule has 108 valence electrons. The largest absolute Gasteiger partial charge is 0.368 e. The van der Waals surface area contributed by atoms with Crippen LogP contribution in [0.25, 0.3) is 0 Å². The highest BCUT2D eigenvalue weighted by molar-refractivity contribution is 5.14. The van der Waals surface area contributed by atoms with E-state index in [9.17, 15) is 0 Å². The van der Waals surface area contributed by atoms with Gasteiger partial charge in [-0.1, -0.05) is 42.9 Å². The molecule has 0 aromatic carbocycles. The van der Waals surface area contributed by atoms with Crippen LogP contribution in [0.4, 0.5) is 0 Å². The molecule has 0 N–H and O–H groups in total. The van der Waals surface area contributed by atoms with Crippen molar-refractivity contribution in [3.8, 4) is 0 Å². The Morgan fingerprint density at radius 2 is 1.84 bits per heavy atom. The minimum atomic E-state index is 0.970. The third-order valence-electron chi connectivity index (χ3n) is 3.01. The molecule has 0 saturated carbocycles. The van der Waals surface area contributed by atoms with Crippen molar-refractivity contribution >= 4 is 0 Å². The van der Waals surface area contributed by atoms with Gasteiger partial charge in [0.15, 0.2) is 0 Å². The molecular weight excluding hydrogens is 230 g/mol. The lowest BCUT2D eigenvalue weighted by Gasteiger charge is -2.23. The highest BCUT2D eigenvalue weighted by atomic mass is 15.1. The fraction of sp³-hybridized carbons (Fsp3) is 0.556. The molecule has 0 aromatic rings. The van der Waals surface area contributed by atoms with Gasteiger partial charge in [-0.2, -0.15) is 0 Å². The number of nitrogens with zero attached hydrogens (tertiary/aromatic N) is 1. The normalized spacial score (nSPS) is 11.7. The first kappa shape index (κ1) is 17.8. The van der Waals surface area contributed by atoms with Crippen molar-refractivity contribution in [3.05, 3.63) is 47.7 Å². The molecule has 1 nitrogen and oxygen atoms in total. The van der Waals surface area contributed by atoms with E-state index in [0.717, 1.165) is 38.0 Å². The zero-order valence-corrected chi connectivity index (χ0v) is 13.5. The van der Waals surface area contributed by atoms with E-state index >= 15 is 0 Å². The first-order chi connectivity index (χ1) is 9.01. The zero-order valence-electron chi connectivity index (χ0n) is 13.5. The summed E-state index contributed by atoms with van der Waals surface area (Å²) in [6, 6.07) is 0. The fourth-order valence-electron chi connectivity index (χ4n) is 1.88. The second-order valence-electron chi connectivity index (χ2n) is 5.31. The summed E-state index contributed by atoms with van der Waals surface area (Å²) in [5.41, 5.74) is 3.98. The molecule has 19 heavy (non-hydrogen) atoms. The maximum atomic E-state index is 4.13. The monoisotopic (exact) mass is 261 g/mol. The first-order valence-electron chi connectivity index (χ1n) is 7.36. The van der Waals surface area contributed by atoms with Crippen molar-refractivity contribution in [2.45, 2.75) is 53.9 Å². The summed E-state index contributed by atoms with van der Waals surface area (Å²) in [6.45, 7) is 16.9. The summed E-state index contributed by atoms with van der Waals surface area (Å²) >= 11 is 0. The van der Waals surface area contributed by atoms with Crippen molar-refractivity contribution < 1.29 is 0 Å². The Kier molecular flexibility index (Phi) is 9.97. The van der Waals surface area contributed by atoms with Crippen LogP contribution < -0.4 is 0 Å². The predicted molar refractivity (Wildman–Crippen MR) is 88.2 cm³/mol. The number of rotatable bonds is 9. The van der Waals surface area contributed by atoms with Crippen molar-refractivity contribution in [3.63, 3.8) is 0 Å². The van der Waals surface area contributed by atoms with Gasteiger partial charge in [-0.3, -0.25) is 0 Å². The van der Waals surface area contributed by atoms with Crippen LogP contribution in [0.3, 0.4) is 0 Å². The van der Waals surface area contributed by atoms with Gasteiger partial charge in [0.25, 0.3) is 0 Å². The van der Waals surface area contributed by atoms with Gasteiger partial charge in [-0.15, -0.1) is 0 Å². The molecule has 0 aliphatic rings. The van der Waals surface area contributed by atoms with E-state index in [4.69, 9.17) is 0 Å². The van der Waals surface area contributed by atoms with Crippen molar-refractivity contribution in [2.24, 2.45) is 0 Å². The zero-order chi connectivity index (χ0) is 14.7. The van der Waals surface area contributed by atoms with E-state index in [0.29, 0.717) is 0 Å². The van der Waals surface area contributed by atoms with Crippen molar-refractivity contribution in [1.82, 2.24) is 4.90 Å². The van der Waals surface area contributed by atoms with E-state index in [2.05, 4.69) is 63.5 Å². The van der Waals surface area contributed by atoms with Crippen LogP contribution in [-0.4, -0.2) is 18.0 Å². The molecule has 0 heterocycles. The molecule has 0 aliphatic carbocycles. The summed E-state index contributed by atoms with van der Waals surface area (Å²) in [5, 5.41) is 0. The van der Waals surface area contributed by atoms with Crippen LogP contribution in [0.15, 0.2) is 47.7 Å². The Balaban J connectivity index is 4.35. The maximum Gasteiger partial charge on any atom is 0.0361 e. The number of allylic oxidation sites excluding steroid dienone is 5. The molecule has 0 amide bonds. The quantitative estimate of drug-likeness (QED) is 0.392. The Bertz CT molecular complexity index is 341. The van der Waals surface area contributed by atoms with E-state index in [1.54, 1.807) is 0 Å². The first-order valence-corrected chi connectivity index (χ1v) is 7.36. The highest BCUT2D eigenvalue weighted by Gasteiger charge is 2.02. The highest BCUT2D eigenvalue weighted by Crippen LogP contribution is 2.10. The van der Waals surface area contributed by atoms with Gasteiger partial charge in [-0.05, 0) is 53.0 Å². The Hall–Kier alpha value is -1.24. The molecule has 0 fully saturated rings. The van der Waals surface area contributed by atoms with Crippen LogP contribution in [-0.2, 0) is 0 Å². The SMILES string of the molecule is C=C(/C=C/C)N(C/C=C(/C)CCC=C(C)C)CCC. The van der Waals surface area contributed by atoms with E-state index < -0.39 is 0 Å². The van der Waals surface area contributed by atoms with Gasteiger partial charge in [0.05, 0.1) is 0 Å². The Labute approximate surface area is 120 Å². The lowest BCUT2D eigenvalue weighted by atomic mass is 10.1. The minimum absolute atomic E-state index is 0.970. The van der Waals surface area contributed by atoms with Gasteiger partial charge in [-0.25, -0.2) is 0 Å². The summed E-state index contributed by atoms with van der Waals surface area (Å²) in [7, 11) is 0.